The smallest absolute Gasteiger partial charge is 0.131 e. The Labute approximate surface area is 123 Å². The van der Waals surface area contributed by atoms with Gasteiger partial charge in [0.25, 0.3) is 0 Å². The van der Waals surface area contributed by atoms with Crippen molar-refractivity contribution >= 4 is 5.69 Å². The van der Waals surface area contributed by atoms with Gasteiger partial charge in [-0.05, 0) is 12.8 Å². The van der Waals surface area contributed by atoms with Crippen LogP contribution in [0.15, 0.2) is 6.20 Å². The maximum Gasteiger partial charge on any atom is 0.131 e. The molecular weight excluding hydrogens is 248 g/mol. The molecule has 0 aliphatic heterocycles. The summed E-state index contributed by atoms with van der Waals surface area (Å²) >= 11 is 0. The van der Waals surface area contributed by atoms with Gasteiger partial charge in [0.1, 0.15) is 5.82 Å². The van der Waals surface area contributed by atoms with Gasteiger partial charge in [-0.15, -0.1) is 0 Å². The predicted molar refractivity (Wildman–Crippen MR) is 86.0 cm³/mol. The van der Waals surface area contributed by atoms with Crippen molar-refractivity contribution in [2.45, 2.75) is 59.9 Å². The number of hydrogen-bond acceptors (Lipinski definition) is 4. The van der Waals surface area contributed by atoms with Crippen molar-refractivity contribution in [1.82, 2.24) is 9.97 Å². The average molecular weight is 278 g/mol. The van der Waals surface area contributed by atoms with Crippen LogP contribution in [0.25, 0.3) is 0 Å². The van der Waals surface area contributed by atoms with E-state index in [9.17, 15) is 0 Å². The summed E-state index contributed by atoms with van der Waals surface area (Å²) in [4.78, 5) is 11.5. The van der Waals surface area contributed by atoms with E-state index >= 15 is 0 Å². The van der Waals surface area contributed by atoms with Gasteiger partial charge in [-0.1, -0.05) is 40.5 Å². The zero-order valence-electron chi connectivity index (χ0n) is 13.7. The van der Waals surface area contributed by atoms with E-state index in [0.29, 0.717) is 18.4 Å². The normalized spacial score (nSPS) is 11.4. The summed E-state index contributed by atoms with van der Waals surface area (Å²) in [5.74, 6) is 1.93. The molecule has 1 aromatic rings. The Hall–Kier alpha value is -1.16. The maximum absolute atomic E-state index is 5.89. The summed E-state index contributed by atoms with van der Waals surface area (Å²) in [5, 5.41) is 0. The molecule has 0 radical (unpaired) electrons. The van der Waals surface area contributed by atoms with Gasteiger partial charge in [-0.25, -0.2) is 9.97 Å². The molecule has 1 rings (SSSR count). The number of nitrogens with two attached hydrogens (primary N) is 1. The second-order valence-electron chi connectivity index (χ2n) is 5.64. The summed E-state index contributed by atoms with van der Waals surface area (Å²) in [6.45, 7) is 13.4. The Balaban J connectivity index is 3.02. The van der Waals surface area contributed by atoms with Crippen LogP contribution in [-0.4, -0.2) is 23.1 Å². The highest BCUT2D eigenvalue weighted by Crippen LogP contribution is 2.22. The van der Waals surface area contributed by atoms with Crippen molar-refractivity contribution in [3.05, 3.63) is 17.7 Å². The van der Waals surface area contributed by atoms with Crippen LogP contribution in [0.3, 0.4) is 0 Å². The van der Waals surface area contributed by atoms with E-state index in [1.54, 1.807) is 0 Å². The molecule has 0 amide bonds. The lowest BCUT2D eigenvalue weighted by Gasteiger charge is -2.28. The quantitative estimate of drug-likeness (QED) is 0.792. The van der Waals surface area contributed by atoms with Crippen LogP contribution in [0.1, 0.15) is 64.9 Å². The minimum Gasteiger partial charge on any atom is -0.369 e. The summed E-state index contributed by atoms with van der Waals surface area (Å²) in [7, 11) is 0. The molecular formula is C16H30N4. The first kappa shape index (κ1) is 16.9. The molecule has 0 saturated carbocycles. The molecule has 0 atom stereocenters. The first-order valence-corrected chi connectivity index (χ1v) is 7.87. The van der Waals surface area contributed by atoms with Crippen molar-refractivity contribution < 1.29 is 0 Å². The molecule has 0 unspecified atom stereocenters. The number of rotatable bonds is 8. The van der Waals surface area contributed by atoms with Gasteiger partial charge >= 0.3 is 0 Å². The predicted octanol–water partition coefficient (Wildman–Crippen LogP) is 3.32. The number of hydrogen-bond donors (Lipinski definition) is 1. The summed E-state index contributed by atoms with van der Waals surface area (Å²) in [5.41, 5.74) is 7.96. The lowest BCUT2D eigenvalue weighted by Crippen LogP contribution is -2.31. The fraction of sp³-hybridized carbons (Fsp3) is 0.750. The van der Waals surface area contributed by atoms with E-state index in [-0.39, 0.29) is 0 Å². The molecule has 1 aromatic heterocycles. The highest BCUT2D eigenvalue weighted by Gasteiger charge is 2.16. The van der Waals surface area contributed by atoms with E-state index in [2.05, 4.69) is 49.5 Å². The molecule has 1 heterocycles. The third-order valence-corrected chi connectivity index (χ3v) is 3.93. The maximum atomic E-state index is 5.89. The second kappa shape index (κ2) is 8.20. The van der Waals surface area contributed by atoms with E-state index < -0.39 is 0 Å². The van der Waals surface area contributed by atoms with Gasteiger partial charge in [0.05, 0.1) is 17.6 Å². The number of nitrogens with zero attached hydrogens (tertiary/aromatic N) is 3. The fourth-order valence-electron chi connectivity index (χ4n) is 2.38. The van der Waals surface area contributed by atoms with Crippen LogP contribution in [0.5, 0.6) is 0 Å². The number of anilines is 1. The molecule has 114 valence electrons. The third kappa shape index (κ3) is 4.17. The highest BCUT2D eigenvalue weighted by atomic mass is 15.1. The van der Waals surface area contributed by atoms with Crippen molar-refractivity contribution in [3.63, 3.8) is 0 Å². The largest absolute Gasteiger partial charge is 0.369 e. The Morgan fingerprint density at radius 3 is 2.30 bits per heavy atom. The van der Waals surface area contributed by atoms with E-state index in [4.69, 9.17) is 5.73 Å². The van der Waals surface area contributed by atoms with Crippen LogP contribution in [0, 0.1) is 5.92 Å². The SMILES string of the molecule is CCC(CC)CN(CC)c1cnc(C(C)C)nc1CN. The topological polar surface area (TPSA) is 55.0 Å². The molecule has 0 aromatic carbocycles. The molecule has 2 N–H and O–H groups in total. The van der Waals surface area contributed by atoms with Crippen molar-refractivity contribution in [2.24, 2.45) is 11.7 Å². The second-order valence-corrected chi connectivity index (χ2v) is 5.64. The lowest BCUT2D eigenvalue weighted by atomic mass is 10.0. The van der Waals surface area contributed by atoms with Gasteiger partial charge in [0, 0.05) is 25.6 Å². The van der Waals surface area contributed by atoms with Gasteiger partial charge < -0.3 is 10.6 Å². The third-order valence-electron chi connectivity index (χ3n) is 3.93. The van der Waals surface area contributed by atoms with Crippen LogP contribution in [0.2, 0.25) is 0 Å². The van der Waals surface area contributed by atoms with Crippen molar-refractivity contribution in [1.29, 1.82) is 0 Å². The summed E-state index contributed by atoms with van der Waals surface area (Å²) in [6, 6.07) is 0. The Bertz CT molecular complexity index is 399. The highest BCUT2D eigenvalue weighted by molar-refractivity contribution is 5.49. The molecule has 0 saturated heterocycles. The van der Waals surface area contributed by atoms with Crippen LogP contribution < -0.4 is 10.6 Å². The number of aromatic nitrogens is 2. The Kier molecular flexibility index (Phi) is 6.93. The first-order chi connectivity index (χ1) is 9.57. The zero-order valence-corrected chi connectivity index (χ0v) is 13.7. The van der Waals surface area contributed by atoms with E-state index in [1.165, 1.54) is 12.8 Å². The monoisotopic (exact) mass is 278 g/mol. The van der Waals surface area contributed by atoms with Crippen LogP contribution in [0.4, 0.5) is 5.69 Å². The molecule has 0 aliphatic carbocycles. The Morgan fingerprint density at radius 1 is 1.20 bits per heavy atom. The van der Waals surface area contributed by atoms with Crippen molar-refractivity contribution in [2.75, 3.05) is 18.0 Å². The van der Waals surface area contributed by atoms with Crippen LogP contribution >= 0.6 is 0 Å². The fourth-order valence-corrected chi connectivity index (χ4v) is 2.38. The molecule has 0 spiro atoms. The average Bonchev–Trinajstić information content (AvgIpc) is 2.48. The minimum atomic E-state index is 0.337. The molecule has 0 fully saturated rings. The first-order valence-electron chi connectivity index (χ1n) is 7.87. The van der Waals surface area contributed by atoms with E-state index in [1.807, 2.05) is 6.20 Å². The molecule has 0 aliphatic rings. The zero-order chi connectivity index (χ0) is 15.1. The molecule has 4 heteroatoms. The van der Waals surface area contributed by atoms with E-state index in [0.717, 1.165) is 30.3 Å². The molecule has 20 heavy (non-hydrogen) atoms. The minimum absolute atomic E-state index is 0.337. The summed E-state index contributed by atoms with van der Waals surface area (Å²) < 4.78 is 0. The lowest BCUT2D eigenvalue weighted by molar-refractivity contribution is 0.485. The van der Waals surface area contributed by atoms with Gasteiger partial charge in [0.2, 0.25) is 0 Å². The van der Waals surface area contributed by atoms with Gasteiger partial charge in [-0.2, -0.15) is 0 Å². The van der Waals surface area contributed by atoms with Gasteiger partial charge in [0.15, 0.2) is 0 Å². The standard InChI is InChI=1S/C16H30N4/c1-6-13(7-2)11-20(8-3)15-10-18-16(12(4)5)19-14(15)9-17/h10,12-13H,6-9,11,17H2,1-5H3. The molecule has 0 bridgehead atoms. The Morgan fingerprint density at radius 2 is 1.85 bits per heavy atom. The van der Waals surface area contributed by atoms with Gasteiger partial charge in [-0.3, -0.25) is 0 Å². The van der Waals surface area contributed by atoms with Crippen molar-refractivity contribution in [3.8, 4) is 0 Å². The summed E-state index contributed by atoms with van der Waals surface area (Å²) in [6.07, 6.45) is 4.36. The van der Waals surface area contributed by atoms with Crippen LogP contribution in [-0.2, 0) is 6.54 Å². The molecule has 4 nitrogen and oxygen atoms in total.